The first-order chi connectivity index (χ1) is 5.87. The van der Waals surface area contributed by atoms with Gasteiger partial charge < -0.3 is 4.79 Å². The van der Waals surface area contributed by atoms with Crippen molar-refractivity contribution in [1.82, 2.24) is 0 Å². The third-order valence-corrected chi connectivity index (χ3v) is 2.34. The van der Waals surface area contributed by atoms with Crippen molar-refractivity contribution in [2.45, 2.75) is 19.2 Å². The zero-order chi connectivity index (χ0) is 10.2. The van der Waals surface area contributed by atoms with Crippen LogP contribution in [0.15, 0.2) is 12.2 Å². The van der Waals surface area contributed by atoms with Gasteiger partial charge in [-0.15, -0.1) is 0 Å². The largest absolute Gasteiger partial charge is 0.300 e. The van der Waals surface area contributed by atoms with E-state index in [1.807, 2.05) is 0 Å². The van der Waals surface area contributed by atoms with Crippen LogP contribution in [-0.2, 0) is 14.4 Å². The Bertz CT molecular complexity index is 297. The molecule has 13 heavy (non-hydrogen) atoms. The molecule has 0 aromatic heterocycles. The first kappa shape index (κ1) is 9.90. The van der Waals surface area contributed by atoms with Gasteiger partial charge in [0.25, 0.3) is 0 Å². The van der Waals surface area contributed by atoms with E-state index in [-0.39, 0.29) is 17.3 Å². The molecule has 0 fully saturated rings. The van der Waals surface area contributed by atoms with Gasteiger partial charge in [-0.2, -0.15) is 0 Å². The zero-order valence-electron chi connectivity index (χ0n) is 7.53. The fraction of sp³-hybridized carbons (Fsp3) is 0.444. The lowest BCUT2D eigenvalue weighted by molar-refractivity contribution is -0.133. The number of hydrogen-bond donors (Lipinski definition) is 0. The molecule has 1 unspecified atom stereocenters. The highest BCUT2D eigenvalue weighted by Gasteiger charge is 2.43. The summed E-state index contributed by atoms with van der Waals surface area (Å²) in [5, 5.41) is -1.38. The monoisotopic (exact) mass is 176 g/mol. The maximum atomic E-state index is 11.2. The van der Waals surface area contributed by atoms with Crippen molar-refractivity contribution in [3.8, 4) is 0 Å². The molecule has 0 saturated heterocycles. The summed E-state index contributed by atoms with van der Waals surface area (Å²) in [7, 11) is 5.61. The number of Topliss-reactive ketones (excluding diaryl/α,β-unsaturated/α-hetero) is 1. The minimum absolute atomic E-state index is 0.358. The number of hydrogen-bond acceptors (Lipinski definition) is 3. The van der Waals surface area contributed by atoms with Crippen molar-refractivity contribution in [1.29, 1.82) is 0 Å². The molecule has 0 heterocycles. The molecule has 1 aliphatic carbocycles. The molecular weight excluding hydrogens is 167 g/mol. The minimum Gasteiger partial charge on any atom is -0.300 e. The van der Waals surface area contributed by atoms with Crippen LogP contribution < -0.4 is 0 Å². The van der Waals surface area contributed by atoms with Crippen molar-refractivity contribution >= 4 is 25.2 Å². The van der Waals surface area contributed by atoms with Crippen LogP contribution in [0.5, 0.6) is 0 Å². The Morgan fingerprint density at radius 3 is 2.08 bits per heavy atom. The van der Waals surface area contributed by atoms with E-state index >= 15 is 0 Å². The predicted molar refractivity (Wildman–Crippen MR) is 47.4 cm³/mol. The number of allylic oxidation sites excluding steroid dienone is 2. The van der Waals surface area contributed by atoms with Crippen LogP contribution in [0.4, 0.5) is 0 Å². The van der Waals surface area contributed by atoms with Crippen LogP contribution in [0.1, 0.15) is 13.8 Å². The van der Waals surface area contributed by atoms with E-state index in [0.29, 0.717) is 0 Å². The van der Waals surface area contributed by atoms with Gasteiger partial charge in [-0.3, -0.25) is 9.59 Å². The van der Waals surface area contributed by atoms with Gasteiger partial charge in [-0.25, -0.2) is 0 Å². The fourth-order valence-corrected chi connectivity index (χ4v) is 1.29. The Balaban J connectivity index is 3.02. The fourth-order valence-electron chi connectivity index (χ4n) is 1.29. The predicted octanol–water partition coefficient (Wildman–Crippen LogP) is 0.247. The lowest BCUT2D eigenvalue weighted by Gasteiger charge is -2.26. The van der Waals surface area contributed by atoms with Crippen molar-refractivity contribution in [3.63, 3.8) is 0 Å². The van der Waals surface area contributed by atoms with E-state index in [1.165, 1.54) is 26.0 Å². The summed E-state index contributed by atoms with van der Waals surface area (Å²) >= 11 is 0. The third kappa shape index (κ3) is 1.48. The number of carbonyl (C=O) groups is 3. The van der Waals surface area contributed by atoms with E-state index in [1.54, 1.807) is 0 Å². The zero-order valence-corrected chi connectivity index (χ0v) is 7.53. The topological polar surface area (TPSA) is 51.2 Å². The maximum Gasteiger partial charge on any atom is 0.166 e. The summed E-state index contributed by atoms with van der Waals surface area (Å²) in [6.07, 6.45) is 2.34. The van der Waals surface area contributed by atoms with Gasteiger partial charge >= 0.3 is 0 Å². The Hall–Kier alpha value is -1.19. The molecule has 0 spiro atoms. The smallest absolute Gasteiger partial charge is 0.166 e. The number of ketones is 3. The van der Waals surface area contributed by atoms with Gasteiger partial charge in [0.15, 0.2) is 11.6 Å². The molecule has 0 bridgehead atoms. The summed E-state index contributed by atoms with van der Waals surface area (Å²) < 4.78 is 0. The highest BCUT2D eigenvalue weighted by atomic mass is 16.2. The molecule has 0 aromatic rings. The second-order valence-electron chi connectivity index (χ2n) is 3.41. The lowest BCUT2D eigenvalue weighted by Crippen LogP contribution is -2.35. The third-order valence-electron chi connectivity index (χ3n) is 2.34. The van der Waals surface area contributed by atoms with Gasteiger partial charge in [-0.05, 0) is 19.1 Å². The summed E-state index contributed by atoms with van der Waals surface area (Å²) in [4.78, 5) is 33.5. The second kappa shape index (κ2) is 2.94. The molecule has 1 atom stereocenters. The van der Waals surface area contributed by atoms with E-state index in [4.69, 9.17) is 7.85 Å². The average molecular weight is 176 g/mol. The Kier molecular flexibility index (Phi) is 2.24. The van der Waals surface area contributed by atoms with Crippen molar-refractivity contribution in [3.05, 3.63) is 12.2 Å². The SMILES string of the molecule is [B]C(C)(C(C)=O)C1C(=O)C=CC1=O. The molecule has 1 rings (SSSR count). The van der Waals surface area contributed by atoms with Gasteiger partial charge in [0.1, 0.15) is 5.78 Å². The highest BCUT2D eigenvalue weighted by Crippen LogP contribution is 2.36. The summed E-state index contributed by atoms with van der Waals surface area (Å²) in [5.74, 6) is -2.15. The quantitative estimate of drug-likeness (QED) is 0.447. The van der Waals surface area contributed by atoms with Crippen LogP contribution in [0.2, 0.25) is 5.31 Å². The molecule has 0 aromatic carbocycles. The normalized spacial score (nSPS) is 22.0. The Labute approximate surface area is 77.6 Å². The Morgan fingerprint density at radius 1 is 1.38 bits per heavy atom. The van der Waals surface area contributed by atoms with Crippen LogP contribution >= 0.6 is 0 Å². The first-order valence-corrected chi connectivity index (χ1v) is 3.93. The first-order valence-electron chi connectivity index (χ1n) is 3.93. The van der Waals surface area contributed by atoms with Gasteiger partial charge in [-0.1, -0.05) is 6.92 Å². The standard InChI is InChI=1S/C9H9BO3/c1-5(11)9(2,10)8-6(12)3-4-7(8)13/h3-4,8H,1-2H3. The molecule has 0 amide bonds. The van der Waals surface area contributed by atoms with E-state index in [2.05, 4.69) is 0 Å². The van der Waals surface area contributed by atoms with E-state index < -0.39 is 11.2 Å². The highest BCUT2D eigenvalue weighted by molar-refractivity contribution is 6.35. The van der Waals surface area contributed by atoms with Crippen molar-refractivity contribution in [2.24, 2.45) is 5.92 Å². The number of rotatable bonds is 2. The Morgan fingerprint density at radius 2 is 1.77 bits per heavy atom. The maximum absolute atomic E-state index is 11.2. The second-order valence-corrected chi connectivity index (χ2v) is 3.41. The molecule has 1 aliphatic rings. The molecule has 0 aliphatic heterocycles. The van der Waals surface area contributed by atoms with E-state index in [0.717, 1.165) is 0 Å². The van der Waals surface area contributed by atoms with Gasteiger partial charge in [0, 0.05) is 5.31 Å². The van der Waals surface area contributed by atoms with Crippen molar-refractivity contribution in [2.75, 3.05) is 0 Å². The average Bonchev–Trinajstić information content (AvgIpc) is 2.30. The molecule has 0 N–H and O–H groups in total. The van der Waals surface area contributed by atoms with E-state index in [9.17, 15) is 14.4 Å². The lowest BCUT2D eigenvalue weighted by atomic mass is 9.58. The molecule has 2 radical (unpaired) electrons. The van der Waals surface area contributed by atoms with Crippen LogP contribution in [0.3, 0.4) is 0 Å². The molecule has 66 valence electrons. The molecular formula is C9H9BO3. The molecule has 4 heteroatoms. The molecule has 3 nitrogen and oxygen atoms in total. The van der Waals surface area contributed by atoms with Crippen LogP contribution in [0, 0.1) is 5.92 Å². The summed E-state index contributed by atoms with van der Waals surface area (Å²) in [6.45, 7) is 2.68. The summed E-state index contributed by atoms with van der Waals surface area (Å²) in [6, 6.07) is 0. The van der Waals surface area contributed by atoms with Gasteiger partial charge in [0.2, 0.25) is 0 Å². The van der Waals surface area contributed by atoms with Gasteiger partial charge in [0.05, 0.1) is 13.8 Å². The summed E-state index contributed by atoms with van der Waals surface area (Å²) in [5.41, 5.74) is 0. The van der Waals surface area contributed by atoms with Crippen molar-refractivity contribution < 1.29 is 14.4 Å². The van der Waals surface area contributed by atoms with Crippen LogP contribution in [-0.4, -0.2) is 25.2 Å². The minimum atomic E-state index is -1.38. The number of carbonyl (C=O) groups excluding carboxylic acids is 3. The molecule has 0 saturated carbocycles. The van der Waals surface area contributed by atoms with Crippen LogP contribution in [0.25, 0.3) is 0 Å².